The van der Waals surface area contributed by atoms with Gasteiger partial charge in [-0.2, -0.15) is 0 Å². The first-order valence-corrected chi connectivity index (χ1v) is 7.45. The van der Waals surface area contributed by atoms with E-state index in [2.05, 4.69) is 11.5 Å². The molecule has 1 aromatic rings. The van der Waals surface area contributed by atoms with Crippen molar-refractivity contribution in [2.45, 2.75) is 45.1 Å². The van der Waals surface area contributed by atoms with Crippen LogP contribution >= 0.6 is 0 Å². The van der Waals surface area contributed by atoms with Crippen molar-refractivity contribution in [3.63, 3.8) is 0 Å². The third-order valence-electron chi connectivity index (χ3n) is 4.40. The molecule has 19 heavy (non-hydrogen) atoms. The van der Waals surface area contributed by atoms with Crippen molar-refractivity contribution in [2.24, 2.45) is 5.92 Å². The normalized spacial score (nSPS) is 19.2. The molecule has 0 aliphatic heterocycles. The maximum Gasteiger partial charge on any atom is 0.270 e. The molecule has 0 unspecified atom stereocenters. The van der Waals surface area contributed by atoms with E-state index in [4.69, 9.17) is 5.73 Å². The second kappa shape index (κ2) is 4.91. The third-order valence-corrected chi connectivity index (χ3v) is 4.40. The molecule has 0 spiro atoms. The summed E-state index contributed by atoms with van der Waals surface area (Å²) < 4.78 is 2.08. The van der Waals surface area contributed by atoms with Crippen molar-refractivity contribution in [3.05, 3.63) is 18.0 Å². The van der Waals surface area contributed by atoms with Gasteiger partial charge in [0.2, 0.25) is 0 Å². The summed E-state index contributed by atoms with van der Waals surface area (Å²) in [5.74, 6) is 0.864. The van der Waals surface area contributed by atoms with Crippen LogP contribution < -0.4 is 5.73 Å². The van der Waals surface area contributed by atoms with Crippen LogP contribution in [0, 0.1) is 5.92 Å². The largest absolute Gasteiger partial charge is 0.397 e. The van der Waals surface area contributed by atoms with Gasteiger partial charge in [-0.15, -0.1) is 0 Å². The van der Waals surface area contributed by atoms with Crippen LogP contribution in [-0.4, -0.2) is 28.5 Å². The van der Waals surface area contributed by atoms with E-state index in [0.29, 0.717) is 17.6 Å². The molecule has 2 aliphatic carbocycles. The molecule has 2 N–H and O–H groups in total. The average Bonchev–Trinajstić information content (AvgIpc) is 3.11. The van der Waals surface area contributed by atoms with E-state index in [1.807, 2.05) is 17.2 Å². The number of hydrogen-bond acceptors (Lipinski definition) is 2. The highest BCUT2D eigenvalue weighted by Gasteiger charge is 2.30. The Labute approximate surface area is 114 Å². The number of nitrogen functional groups attached to an aromatic ring is 1. The van der Waals surface area contributed by atoms with Crippen LogP contribution in [0.5, 0.6) is 0 Å². The fourth-order valence-electron chi connectivity index (χ4n) is 2.83. The first-order valence-electron chi connectivity index (χ1n) is 7.45. The second-order valence-electron chi connectivity index (χ2n) is 5.94. The van der Waals surface area contributed by atoms with E-state index in [1.54, 1.807) is 0 Å². The molecular formula is C15H23N3O. The molecule has 0 bridgehead atoms. The number of carbonyl (C=O) groups excluding carboxylic acids is 1. The van der Waals surface area contributed by atoms with Crippen molar-refractivity contribution in [1.29, 1.82) is 0 Å². The lowest BCUT2D eigenvalue weighted by Crippen LogP contribution is -2.38. The number of aromatic nitrogens is 1. The Morgan fingerprint density at radius 3 is 2.68 bits per heavy atom. The van der Waals surface area contributed by atoms with Gasteiger partial charge in [0.25, 0.3) is 5.91 Å². The van der Waals surface area contributed by atoms with Gasteiger partial charge in [0, 0.05) is 25.3 Å². The highest BCUT2D eigenvalue weighted by atomic mass is 16.2. The minimum absolute atomic E-state index is 0.151. The predicted octanol–water partition coefficient (Wildman–Crippen LogP) is 2.67. The Kier molecular flexibility index (Phi) is 3.25. The van der Waals surface area contributed by atoms with Crippen LogP contribution in [-0.2, 0) is 0 Å². The number of nitrogens with two attached hydrogens (primary N) is 1. The summed E-state index contributed by atoms with van der Waals surface area (Å²) in [5, 5.41) is 0. The Morgan fingerprint density at radius 1 is 1.42 bits per heavy atom. The molecule has 2 saturated carbocycles. The summed E-state index contributed by atoms with van der Waals surface area (Å²) in [7, 11) is 0. The maximum atomic E-state index is 12.7. The van der Waals surface area contributed by atoms with Gasteiger partial charge >= 0.3 is 0 Å². The standard InChI is InChI=1S/C15H23N3O/c1-2-17(9-11-4-3-5-11)15(19)14-8-12(16)10-18(14)13-6-7-13/h8,10-11,13H,2-7,9,16H2,1H3. The monoisotopic (exact) mass is 261 g/mol. The van der Waals surface area contributed by atoms with Gasteiger partial charge in [0.1, 0.15) is 5.69 Å². The second-order valence-corrected chi connectivity index (χ2v) is 5.94. The predicted molar refractivity (Wildman–Crippen MR) is 76.0 cm³/mol. The minimum atomic E-state index is 0.151. The number of nitrogens with zero attached hydrogens (tertiary/aromatic N) is 2. The Balaban J connectivity index is 1.76. The van der Waals surface area contributed by atoms with Crippen molar-refractivity contribution in [2.75, 3.05) is 18.8 Å². The zero-order valence-electron chi connectivity index (χ0n) is 11.6. The van der Waals surface area contributed by atoms with Gasteiger partial charge in [0.15, 0.2) is 0 Å². The molecule has 2 aliphatic rings. The molecule has 0 radical (unpaired) electrons. The first kappa shape index (κ1) is 12.6. The summed E-state index contributed by atoms with van der Waals surface area (Å²) in [6.45, 7) is 3.75. The van der Waals surface area contributed by atoms with Gasteiger partial charge < -0.3 is 15.2 Å². The van der Waals surface area contributed by atoms with E-state index in [0.717, 1.165) is 18.8 Å². The molecule has 104 valence electrons. The lowest BCUT2D eigenvalue weighted by Gasteiger charge is -2.32. The average molecular weight is 261 g/mol. The molecule has 1 heterocycles. The van der Waals surface area contributed by atoms with Crippen LogP contribution in [0.2, 0.25) is 0 Å². The summed E-state index contributed by atoms with van der Waals surface area (Å²) in [5.41, 5.74) is 7.35. The van der Waals surface area contributed by atoms with Gasteiger partial charge in [-0.05, 0) is 44.6 Å². The Bertz CT molecular complexity index is 472. The zero-order valence-corrected chi connectivity index (χ0v) is 11.6. The third kappa shape index (κ3) is 2.48. The van der Waals surface area contributed by atoms with E-state index >= 15 is 0 Å². The highest BCUT2D eigenvalue weighted by Crippen LogP contribution is 2.37. The fraction of sp³-hybridized carbons (Fsp3) is 0.667. The van der Waals surface area contributed by atoms with Gasteiger partial charge in [-0.3, -0.25) is 4.79 Å². The molecule has 0 saturated heterocycles. The molecule has 3 rings (SSSR count). The fourth-order valence-corrected chi connectivity index (χ4v) is 2.83. The number of rotatable bonds is 5. The number of anilines is 1. The molecule has 4 heteroatoms. The lowest BCUT2D eigenvalue weighted by atomic mass is 9.85. The quantitative estimate of drug-likeness (QED) is 0.886. The smallest absolute Gasteiger partial charge is 0.270 e. The summed E-state index contributed by atoms with van der Waals surface area (Å²) >= 11 is 0. The molecule has 1 amide bonds. The molecule has 0 atom stereocenters. The van der Waals surface area contributed by atoms with Gasteiger partial charge in [-0.25, -0.2) is 0 Å². The lowest BCUT2D eigenvalue weighted by molar-refractivity contribution is 0.0695. The molecule has 1 aromatic heterocycles. The molecule has 4 nitrogen and oxygen atoms in total. The Hall–Kier alpha value is -1.45. The number of hydrogen-bond donors (Lipinski definition) is 1. The van der Waals surface area contributed by atoms with Crippen LogP contribution in [0.4, 0.5) is 5.69 Å². The van der Waals surface area contributed by atoms with E-state index in [9.17, 15) is 4.79 Å². The van der Waals surface area contributed by atoms with Crippen molar-refractivity contribution in [1.82, 2.24) is 9.47 Å². The van der Waals surface area contributed by atoms with E-state index in [-0.39, 0.29) is 5.91 Å². The maximum absolute atomic E-state index is 12.7. The summed E-state index contributed by atoms with van der Waals surface area (Å²) in [6, 6.07) is 2.34. The van der Waals surface area contributed by atoms with Crippen LogP contribution in [0.25, 0.3) is 0 Å². The van der Waals surface area contributed by atoms with Crippen molar-refractivity contribution in [3.8, 4) is 0 Å². The van der Waals surface area contributed by atoms with E-state index in [1.165, 1.54) is 32.1 Å². The number of amides is 1. The van der Waals surface area contributed by atoms with Crippen molar-refractivity contribution < 1.29 is 4.79 Å². The number of carbonyl (C=O) groups is 1. The molecule has 2 fully saturated rings. The van der Waals surface area contributed by atoms with Crippen LogP contribution in [0.1, 0.15) is 55.6 Å². The van der Waals surface area contributed by atoms with Gasteiger partial charge in [-0.1, -0.05) is 6.42 Å². The molecular weight excluding hydrogens is 238 g/mol. The SMILES string of the molecule is CCN(CC1CCC1)C(=O)c1cc(N)cn1C1CC1. The topological polar surface area (TPSA) is 51.3 Å². The first-order chi connectivity index (χ1) is 9.19. The highest BCUT2D eigenvalue weighted by molar-refractivity contribution is 5.94. The van der Waals surface area contributed by atoms with Crippen LogP contribution in [0.15, 0.2) is 12.3 Å². The minimum Gasteiger partial charge on any atom is -0.397 e. The van der Waals surface area contributed by atoms with Crippen LogP contribution in [0.3, 0.4) is 0 Å². The van der Waals surface area contributed by atoms with Crippen molar-refractivity contribution >= 4 is 11.6 Å². The Morgan fingerprint density at radius 2 is 2.16 bits per heavy atom. The van der Waals surface area contributed by atoms with Gasteiger partial charge in [0.05, 0.1) is 5.69 Å². The summed E-state index contributed by atoms with van der Waals surface area (Å²) in [4.78, 5) is 14.7. The molecule has 0 aromatic carbocycles. The summed E-state index contributed by atoms with van der Waals surface area (Å²) in [6.07, 6.45) is 8.13. The zero-order chi connectivity index (χ0) is 13.4. The van der Waals surface area contributed by atoms with E-state index < -0.39 is 0 Å².